The highest BCUT2D eigenvalue weighted by Gasteiger charge is 2.56. The number of rotatable bonds is 6. The topological polar surface area (TPSA) is 155 Å². The van der Waals surface area contributed by atoms with Crippen molar-refractivity contribution in [3.8, 4) is 17.2 Å². The summed E-state index contributed by atoms with van der Waals surface area (Å²) >= 11 is 0. The number of aromatic nitrogens is 1. The fraction of sp³-hybridized carbons (Fsp3) is 0.424. The number of likely N-dealkylation sites (tertiary alicyclic amines) is 1. The van der Waals surface area contributed by atoms with Gasteiger partial charge < -0.3 is 29.7 Å². The number of Topliss-reactive ketones (excluding diaryl/α,β-unsaturated/α-hetero) is 2. The van der Waals surface area contributed by atoms with Gasteiger partial charge in [-0.3, -0.25) is 24.0 Å². The van der Waals surface area contributed by atoms with Crippen LogP contribution in [0, 0.1) is 12.8 Å². The molecule has 0 spiro atoms. The first-order valence-corrected chi connectivity index (χ1v) is 14.9. The van der Waals surface area contributed by atoms with Crippen LogP contribution in [-0.2, 0) is 26.3 Å². The number of nitrogens with zero attached hydrogens (tertiary/aromatic N) is 2. The zero-order valence-electron chi connectivity index (χ0n) is 25.2. The molecule has 2 unspecified atom stereocenters. The van der Waals surface area contributed by atoms with Gasteiger partial charge in [-0.2, -0.15) is 0 Å². The Kier molecular flexibility index (Phi) is 7.02. The predicted molar refractivity (Wildman–Crippen MR) is 159 cm³/mol. The van der Waals surface area contributed by atoms with Gasteiger partial charge in [0.05, 0.1) is 11.1 Å². The number of phenolic OH excluding ortho intramolecular Hbond substituents is 2. The molecule has 1 aromatic carbocycles. The maximum Gasteiger partial charge on any atom is 0.250 e. The summed E-state index contributed by atoms with van der Waals surface area (Å²) in [5, 5.41) is 24.6. The third kappa shape index (κ3) is 4.36. The van der Waals surface area contributed by atoms with E-state index in [4.69, 9.17) is 4.74 Å². The third-order valence-corrected chi connectivity index (χ3v) is 9.55. The van der Waals surface area contributed by atoms with E-state index in [0.717, 1.165) is 12.1 Å². The molecule has 1 saturated heterocycles. The van der Waals surface area contributed by atoms with Crippen LogP contribution in [0.25, 0.3) is 0 Å². The summed E-state index contributed by atoms with van der Waals surface area (Å²) in [5.74, 6) is -2.27. The van der Waals surface area contributed by atoms with Crippen molar-refractivity contribution in [1.29, 1.82) is 0 Å². The smallest absolute Gasteiger partial charge is 0.250 e. The maximum atomic E-state index is 13.9. The monoisotopic (exact) mass is 601 g/mol. The number of carbonyl (C=O) groups excluding carboxylic acids is 4. The summed E-state index contributed by atoms with van der Waals surface area (Å²) in [7, 11) is 0. The maximum absolute atomic E-state index is 13.9. The number of hydrogen-bond donors (Lipinski definition) is 3. The number of nitrogens with one attached hydrogen (secondary N) is 1. The number of piperidine rings is 1. The molecule has 6 rings (SSSR count). The van der Waals surface area contributed by atoms with Gasteiger partial charge in [0.15, 0.2) is 17.3 Å². The van der Waals surface area contributed by atoms with Crippen molar-refractivity contribution >= 4 is 23.3 Å². The lowest BCUT2D eigenvalue weighted by atomic mass is 9.70. The second kappa shape index (κ2) is 10.5. The van der Waals surface area contributed by atoms with E-state index in [9.17, 15) is 34.2 Å². The normalized spacial score (nSPS) is 24.5. The quantitative estimate of drug-likeness (QED) is 0.196. The highest BCUT2D eigenvalue weighted by atomic mass is 16.5. The van der Waals surface area contributed by atoms with Crippen molar-refractivity contribution in [2.45, 2.75) is 64.8 Å². The number of fused-ring (bicyclic) bond motifs is 7. The molecule has 1 fully saturated rings. The number of ketones is 3. The van der Waals surface area contributed by atoms with Crippen LogP contribution in [0.3, 0.4) is 0 Å². The van der Waals surface area contributed by atoms with Crippen LogP contribution in [-0.4, -0.2) is 62.6 Å². The van der Waals surface area contributed by atoms with Crippen LogP contribution in [0.1, 0.15) is 73.1 Å². The predicted octanol–water partition coefficient (Wildman–Crippen LogP) is 2.75. The molecule has 11 heteroatoms. The van der Waals surface area contributed by atoms with Crippen molar-refractivity contribution in [3.63, 3.8) is 0 Å². The molecule has 11 nitrogen and oxygen atoms in total. The lowest BCUT2D eigenvalue weighted by molar-refractivity contribution is -0.134. The first-order chi connectivity index (χ1) is 20.8. The molecular formula is C33H35N3O8. The lowest BCUT2D eigenvalue weighted by Gasteiger charge is -2.42. The Morgan fingerprint density at radius 3 is 2.57 bits per heavy atom. The third-order valence-electron chi connectivity index (χ3n) is 9.55. The van der Waals surface area contributed by atoms with E-state index in [0.29, 0.717) is 38.3 Å². The molecule has 0 saturated carbocycles. The van der Waals surface area contributed by atoms with E-state index in [1.807, 2.05) is 15.5 Å². The minimum absolute atomic E-state index is 0.000123. The van der Waals surface area contributed by atoms with Gasteiger partial charge in [0, 0.05) is 67.6 Å². The number of ether oxygens (including phenoxy) is 1. The zero-order valence-corrected chi connectivity index (χ0v) is 25.2. The van der Waals surface area contributed by atoms with Gasteiger partial charge in [0.25, 0.3) is 5.56 Å². The molecule has 4 aliphatic rings. The minimum Gasteiger partial charge on any atom is -0.507 e. The number of amides is 1. The van der Waals surface area contributed by atoms with E-state index in [1.54, 1.807) is 19.1 Å². The van der Waals surface area contributed by atoms with Crippen molar-refractivity contribution in [3.05, 3.63) is 74.0 Å². The van der Waals surface area contributed by atoms with E-state index in [1.165, 1.54) is 26.8 Å². The molecule has 3 N–H and O–H groups in total. The Morgan fingerprint density at radius 1 is 1.09 bits per heavy atom. The van der Waals surface area contributed by atoms with Crippen LogP contribution in [0.15, 0.2) is 46.1 Å². The second-order valence-electron chi connectivity index (χ2n) is 12.4. The van der Waals surface area contributed by atoms with Crippen molar-refractivity contribution in [2.75, 3.05) is 19.6 Å². The van der Waals surface area contributed by atoms with Crippen LogP contribution >= 0.6 is 0 Å². The highest BCUT2D eigenvalue weighted by Crippen LogP contribution is 2.57. The molecular weight excluding hydrogens is 566 g/mol. The van der Waals surface area contributed by atoms with Crippen LogP contribution in [0.4, 0.5) is 0 Å². The standard InChI is InChI=1S/C33H35N3O8/c1-16-29(41)27(18(3)37)31-28(30(16)42)33(4)23(44-31)12-22(38)26(32(33)43)17(2)34-10-6-9-24(39)35-13-19-11-20(15-35)21-7-5-8-25(40)36(21)14-19/h5,7-8,12,19-20,34,41-42H,6,9-11,13-15H2,1-4H3/t19?,20?,33-/m0/s1. The van der Waals surface area contributed by atoms with Crippen molar-refractivity contribution in [2.24, 2.45) is 5.92 Å². The Labute approximate surface area is 253 Å². The molecule has 230 valence electrons. The number of benzene rings is 1. The first-order valence-electron chi connectivity index (χ1n) is 14.9. The van der Waals surface area contributed by atoms with Gasteiger partial charge in [-0.1, -0.05) is 6.07 Å². The Bertz CT molecular complexity index is 1780. The summed E-state index contributed by atoms with van der Waals surface area (Å²) in [4.78, 5) is 66.7. The molecule has 1 aromatic heterocycles. The van der Waals surface area contributed by atoms with Crippen LogP contribution < -0.4 is 15.6 Å². The van der Waals surface area contributed by atoms with Gasteiger partial charge in [-0.05, 0) is 52.5 Å². The summed E-state index contributed by atoms with van der Waals surface area (Å²) in [6.07, 6.45) is 2.90. The van der Waals surface area contributed by atoms with E-state index in [-0.39, 0.29) is 69.2 Å². The first kappa shape index (κ1) is 29.4. The second-order valence-corrected chi connectivity index (χ2v) is 12.4. The van der Waals surface area contributed by atoms with Crippen LogP contribution in [0.2, 0.25) is 0 Å². The highest BCUT2D eigenvalue weighted by molar-refractivity contribution is 6.31. The van der Waals surface area contributed by atoms with Gasteiger partial charge in [-0.15, -0.1) is 0 Å². The minimum atomic E-state index is -1.58. The molecule has 2 bridgehead atoms. The molecule has 3 aliphatic heterocycles. The average Bonchev–Trinajstić information content (AvgIpc) is 3.27. The van der Waals surface area contributed by atoms with Crippen molar-refractivity contribution < 1.29 is 34.1 Å². The van der Waals surface area contributed by atoms with Crippen LogP contribution in [0.5, 0.6) is 17.2 Å². The number of carbonyl (C=O) groups is 4. The van der Waals surface area contributed by atoms with Gasteiger partial charge in [0.1, 0.15) is 34.0 Å². The van der Waals surface area contributed by atoms with Gasteiger partial charge in [-0.25, -0.2) is 0 Å². The Balaban J connectivity index is 1.15. The molecule has 44 heavy (non-hydrogen) atoms. The van der Waals surface area contributed by atoms with E-state index in [2.05, 4.69) is 5.32 Å². The summed E-state index contributed by atoms with van der Waals surface area (Å²) < 4.78 is 7.64. The largest absolute Gasteiger partial charge is 0.507 e. The summed E-state index contributed by atoms with van der Waals surface area (Å²) in [6.45, 7) is 7.95. The SMILES string of the molecule is CC(=O)c1c(O)c(C)c(O)c2c1OC1=CC(=O)C(=C(C)NCCCC(=O)N3CC4CC(C3)c3cccc(=O)n3C4)C(=O)[C@@]12C. The molecule has 1 amide bonds. The number of phenols is 2. The summed E-state index contributed by atoms with van der Waals surface area (Å²) in [6, 6.07) is 5.31. The molecule has 1 aliphatic carbocycles. The molecule has 0 radical (unpaired) electrons. The fourth-order valence-electron chi connectivity index (χ4n) is 7.22. The fourth-order valence-corrected chi connectivity index (χ4v) is 7.22. The van der Waals surface area contributed by atoms with Crippen molar-refractivity contribution in [1.82, 2.24) is 14.8 Å². The number of allylic oxidation sites excluding steroid dienone is 4. The number of aromatic hydroxyl groups is 2. The Hall–Kier alpha value is -4.67. The van der Waals surface area contributed by atoms with Gasteiger partial charge in [0.2, 0.25) is 5.91 Å². The van der Waals surface area contributed by atoms with E-state index >= 15 is 0 Å². The molecule has 2 aromatic rings. The van der Waals surface area contributed by atoms with Gasteiger partial charge >= 0.3 is 0 Å². The molecule has 3 atom stereocenters. The summed E-state index contributed by atoms with van der Waals surface area (Å²) in [5.41, 5.74) is -0.467. The number of pyridine rings is 1. The average molecular weight is 602 g/mol. The number of hydrogen-bond acceptors (Lipinski definition) is 9. The van der Waals surface area contributed by atoms with E-state index < -0.39 is 28.5 Å². The zero-order chi connectivity index (χ0) is 31.7. The Morgan fingerprint density at radius 2 is 1.84 bits per heavy atom. The molecule has 4 heterocycles. The lowest BCUT2D eigenvalue weighted by Crippen LogP contribution is -2.49.